The number of carbonyl (C=O) groups excluding carboxylic acids is 1. The van der Waals surface area contributed by atoms with Gasteiger partial charge in [-0.3, -0.25) is 9.97 Å². The highest BCUT2D eigenvalue weighted by Crippen LogP contribution is 2.16. The van der Waals surface area contributed by atoms with Crippen LogP contribution in [0.1, 0.15) is 5.69 Å². The molecule has 0 aliphatic carbocycles. The second-order valence-electron chi connectivity index (χ2n) is 4.68. The van der Waals surface area contributed by atoms with Crippen molar-refractivity contribution in [3.05, 3.63) is 60.6 Å². The van der Waals surface area contributed by atoms with Crippen LogP contribution in [-0.4, -0.2) is 16.0 Å². The van der Waals surface area contributed by atoms with Gasteiger partial charge in [0.05, 0.1) is 17.4 Å². The number of hydrogen-bond acceptors (Lipinski definition) is 3. The largest absolute Gasteiger partial charge is 0.323 e. The minimum atomic E-state index is -0.308. The van der Waals surface area contributed by atoms with Crippen LogP contribution in [0.25, 0.3) is 10.9 Å². The Morgan fingerprint density at radius 2 is 1.81 bits per heavy atom. The van der Waals surface area contributed by atoms with Gasteiger partial charge in [0.15, 0.2) is 0 Å². The van der Waals surface area contributed by atoms with E-state index in [1.807, 2.05) is 37.3 Å². The van der Waals surface area contributed by atoms with E-state index in [9.17, 15) is 4.79 Å². The molecule has 1 aromatic carbocycles. The predicted molar refractivity (Wildman–Crippen MR) is 83.4 cm³/mol. The van der Waals surface area contributed by atoms with Crippen LogP contribution in [0, 0.1) is 6.92 Å². The standard InChI is InChI=1S/C16H14N4O/c1-11-8-13(6-7-17-11)19-16(21)20-14-9-12-4-2-3-5-15(12)18-10-14/h2-10H,1H3,(H2,17,19,20,21). The number of hydrogen-bond donors (Lipinski definition) is 2. The number of pyridine rings is 2. The quantitative estimate of drug-likeness (QED) is 0.753. The lowest BCUT2D eigenvalue weighted by atomic mass is 10.2. The summed E-state index contributed by atoms with van der Waals surface area (Å²) in [5, 5.41) is 6.51. The Hall–Kier alpha value is -2.95. The highest BCUT2D eigenvalue weighted by atomic mass is 16.2. The topological polar surface area (TPSA) is 66.9 Å². The summed E-state index contributed by atoms with van der Waals surface area (Å²) < 4.78 is 0. The van der Waals surface area contributed by atoms with Crippen LogP contribution in [0.5, 0.6) is 0 Å². The molecular formula is C16H14N4O. The lowest BCUT2D eigenvalue weighted by molar-refractivity contribution is 0.262. The van der Waals surface area contributed by atoms with Gasteiger partial charge >= 0.3 is 6.03 Å². The average molecular weight is 278 g/mol. The normalized spacial score (nSPS) is 10.3. The first-order valence-corrected chi connectivity index (χ1v) is 6.56. The number of nitrogens with zero attached hydrogens (tertiary/aromatic N) is 2. The third-order valence-electron chi connectivity index (χ3n) is 3.00. The first-order valence-electron chi connectivity index (χ1n) is 6.56. The zero-order chi connectivity index (χ0) is 14.7. The van der Waals surface area contributed by atoms with Crippen molar-refractivity contribution >= 4 is 28.3 Å². The van der Waals surface area contributed by atoms with Gasteiger partial charge in [-0.1, -0.05) is 18.2 Å². The minimum Gasteiger partial charge on any atom is -0.308 e. The number of nitrogens with one attached hydrogen (secondary N) is 2. The third-order valence-corrected chi connectivity index (χ3v) is 3.00. The van der Waals surface area contributed by atoms with Crippen molar-refractivity contribution in [2.24, 2.45) is 0 Å². The maximum Gasteiger partial charge on any atom is 0.323 e. The zero-order valence-electron chi connectivity index (χ0n) is 11.5. The number of rotatable bonds is 2. The van der Waals surface area contributed by atoms with Gasteiger partial charge in [0.1, 0.15) is 0 Å². The number of fused-ring (bicyclic) bond motifs is 1. The van der Waals surface area contributed by atoms with Gasteiger partial charge in [0, 0.05) is 23.0 Å². The van der Waals surface area contributed by atoms with Crippen LogP contribution in [0.15, 0.2) is 54.9 Å². The van der Waals surface area contributed by atoms with Crippen molar-refractivity contribution in [1.29, 1.82) is 0 Å². The smallest absolute Gasteiger partial charge is 0.308 e. The molecule has 0 fully saturated rings. The molecule has 0 aliphatic rings. The zero-order valence-corrected chi connectivity index (χ0v) is 11.5. The highest BCUT2D eigenvalue weighted by molar-refractivity contribution is 6.00. The third kappa shape index (κ3) is 3.14. The van der Waals surface area contributed by atoms with Crippen LogP contribution >= 0.6 is 0 Å². The Kier molecular flexibility index (Phi) is 3.47. The van der Waals surface area contributed by atoms with E-state index in [0.717, 1.165) is 16.6 Å². The van der Waals surface area contributed by atoms with Gasteiger partial charge < -0.3 is 10.6 Å². The van der Waals surface area contributed by atoms with Gasteiger partial charge in [-0.25, -0.2) is 4.79 Å². The second-order valence-corrected chi connectivity index (χ2v) is 4.68. The molecule has 2 N–H and O–H groups in total. The van der Waals surface area contributed by atoms with E-state index >= 15 is 0 Å². The molecule has 2 aromatic heterocycles. The summed E-state index contributed by atoms with van der Waals surface area (Å²) in [6, 6.07) is 12.9. The summed E-state index contributed by atoms with van der Waals surface area (Å²) in [6.45, 7) is 1.87. The fraction of sp³-hybridized carbons (Fsp3) is 0.0625. The molecule has 2 heterocycles. The van der Waals surface area contributed by atoms with E-state index in [2.05, 4.69) is 20.6 Å². The van der Waals surface area contributed by atoms with Gasteiger partial charge in [0.25, 0.3) is 0 Å². The summed E-state index contributed by atoms with van der Waals surface area (Å²) in [7, 11) is 0. The Morgan fingerprint density at radius 1 is 1.00 bits per heavy atom. The molecule has 0 saturated carbocycles. The molecule has 3 rings (SSSR count). The maximum absolute atomic E-state index is 12.0. The van der Waals surface area contributed by atoms with Crippen molar-refractivity contribution < 1.29 is 4.79 Å². The maximum atomic E-state index is 12.0. The molecule has 0 saturated heterocycles. The van der Waals surface area contributed by atoms with E-state index in [4.69, 9.17) is 0 Å². The summed E-state index contributed by atoms with van der Waals surface area (Å²) in [5.74, 6) is 0. The number of para-hydroxylation sites is 1. The lowest BCUT2D eigenvalue weighted by Gasteiger charge is -2.08. The first kappa shape index (κ1) is 13.1. The van der Waals surface area contributed by atoms with Crippen molar-refractivity contribution in [3.8, 4) is 0 Å². The van der Waals surface area contributed by atoms with Crippen molar-refractivity contribution in [3.63, 3.8) is 0 Å². The summed E-state index contributed by atoms with van der Waals surface area (Å²) >= 11 is 0. The lowest BCUT2D eigenvalue weighted by Crippen LogP contribution is -2.19. The summed E-state index contributed by atoms with van der Waals surface area (Å²) in [6.07, 6.45) is 3.29. The van der Waals surface area contributed by atoms with Gasteiger partial charge in [-0.15, -0.1) is 0 Å². The molecule has 5 heteroatoms. The first-order chi connectivity index (χ1) is 10.2. The fourth-order valence-corrected chi connectivity index (χ4v) is 2.06. The fourth-order valence-electron chi connectivity index (χ4n) is 2.06. The Bertz CT molecular complexity index is 801. The molecule has 21 heavy (non-hydrogen) atoms. The van der Waals surface area contributed by atoms with Crippen molar-refractivity contribution in [2.75, 3.05) is 10.6 Å². The van der Waals surface area contributed by atoms with E-state index < -0.39 is 0 Å². The molecule has 0 atom stereocenters. The van der Waals surface area contributed by atoms with Gasteiger partial charge in [-0.05, 0) is 31.2 Å². The number of benzene rings is 1. The second kappa shape index (κ2) is 5.58. The summed E-state index contributed by atoms with van der Waals surface area (Å²) in [4.78, 5) is 20.3. The van der Waals surface area contributed by atoms with E-state index in [0.29, 0.717) is 11.4 Å². The number of urea groups is 1. The number of amides is 2. The molecule has 0 bridgehead atoms. The highest BCUT2D eigenvalue weighted by Gasteiger charge is 2.04. The molecule has 0 spiro atoms. The number of anilines is 2. The number of aryl methyl sites for hydroxylation is 1. The molecular weight excluding hydrogens is 264 g/mol. The number of carbonyl (C=O) groups is 1. The van der Waals surface area contributed by atoms with Crippen LogP contribution in [-0.2, 0) is 0 Å². The van der Waals surface area contributed by atoms with Crippen LogP contribution < -0.4 is 10.6 Å². The Labute approximate surface area is 122 Å². The SMILES string of the molecule is Cc1cc(NC(=O)Nc2cnc3ccccc3c2)ccn1. The van der Waals surface area contributed by atoms with Crippen LogP contribution in [0.3, 0.4) is 0 Å². The predicted octanol–water partition coefficient (Wildman–Crippen LogP) is 3.58. The molecule has 2 amide bonds. The van der Waals surface area contributed by atoms with Crippen LogP contribution in [0.2, 0.25) is 0 Å². The van der Waals surface area contributed by atoms with Gasteiger partial charge in [0.2, 0.25) is 0 Å². The average Bonchev–Trinajstić information content (AvgIpc) is 2.47. The van der Waals surface area contributed by atoms with E-state index in [-0.39, 0.29) is 6.03 Å². The Balaban J connectivity index is 1.74. The molecule has 3 aromatic rings. The number of aromatic nitrogens is 2. The van der Waals surface area contributed by atoms with Gasteiger partial charge in [-0.2, -0.15) is 0 Å². The Morgan fingerprint density at radius 3 is 2.67 bits per heavy atom. The molecule has 5 nitrogen and oxygen atoms in total. The summed E-state index contributed by atoms with van der Waals surface area (Å²) in [5.41, 5.74) is 3.10. The molecule has 0 radical (unpaired) electrons. The monoisotopic (exact) mass is 278 g/mol. The molecule has 0 aliphatic heterocycles. The van der Waals surface area contributed by atoms with E-state index in [1.54, 1.807) is 24.5 Å². The van der Waals surface area contributed by atoms with Crippen LogP contribution in [0.4, 0.5) is 16.2 Å². The van der Waals surface area contributed by atoms with Crippen molar-refractivity contribution in [1.82, 2.24) is 9.97 Å². The van der Waals surface area contributed by atoms with Crippen molar-refractivity contribution in [2.45, 2.75) is 6.92 Å². The van der Waals surface area contributed by atoms with E-state index in [1.165, 1.54) is 0 Å². The molecule has 104 valence electrons. The molecule has 0 unspecified atom stereocenters. The minimum absolute atomic E-state index is 0.308.